The Bertz CT molecular complexity index is 920. The van der Waals surface area contributed by atoms with Gasteiger partial charge >= 0.3 is 6.18 Å². The van der Waals surface area contributed by atoms with Crippen molar-refractivity contribution < 1.29 is 27.5 Å². The van der Waals surface area contributed by atoms with E-state index in [0.717, 1.165) is 6.07 Å². The SMILES string of the molecule is COc1ccc(NC(=O)[C@H]2CC(=O)N(c3ccccc3Cl)C2)c(C(F)(F)F)n1. The maximum absolute atomic E-state index is 13.2. The van der Waals surface area contributed by atoms with Crippen LogP contribution in [-0.4, -0.2) is 30.5 Å². The highest BCUT2D eigenvalue weighted by Crippen LogP contribution is 2.36. The largest absolute Gasteiger partial charge is 0.481 e. The number of hydrogen-bond donors (Lipinski definition) is 1. The maximum atomic E-state index is 13.2. The van der Waals surface area contributed by atoms with E-state index in [1.54, 1.807) is 24.3 Å². The average Bonchev–Trinajstić information content (AvgIpc) is 3.03. The predicted octanol–water partition coefficient (Wildman–Crippen LogP) is 3.75. The predicted molar refractivity (Wildman–Crippen MR) is 96.3 cm³/mol. The number of anilines is 2. The molecule has 1 aromatic heterocycles. The van der Waals surface area contributed by atoms with Gasteiger partial charge in [-0.15, -0.1) is 0 Å². The molecule has 0 spiro atoms. The number of ether oxygens (including phenoxy) is 1. The molecule has 0 bridgehead atoms. The Morgan fingerprint density at radius 2 is 2.00 bits per heavy atom. The van der Waals surface area contributed by atoms with E-state index in [0.29, 0.717) is 10.7 Å². The van der Waals surface area contributed by atoms with Gasteiger partial charge in [-0.1, -0.05) is 23.7 Å². The van der Waals surface area contributed by atoms with E-state index >= 15 is 0 Å². The summed E-state index contributed by atoms with van der Waals surface area (Å²) in [5.41, 5.74) is -1.32. The number of halogens is 4. The summed E-state index contributed by atoms with van der Waals surface area (Å²) < 4.78 is 44.4. The van der Waals surface area contributed by atoms with Gasteiger partial charge in [0, 0.05) is 19.0 Å². The number of nitrogens with zero attached hydrogens (tertiary/aromatic N) is 2. The Morgan fingerprint density at radius 1 is 1.29 bits per heavy atom. The molecule has 1 aliphatic rings. The summed E-state index contributed by atoms with van der Waals surface area (Å²) >= 11 is 6.09. The number of rotatable bonds is 4. The molecule has 28 heavy (non-hydrogen) atoms. The molecule has 148 valence electrons. The number of carbonyl (C=O) groups excluding carboxylic acids is 2. The van der Waals surface area contributed by atoms with E-state index in [4.69, 9.17) is 16.3 Å². The minimum absolute atomic E-state index is 0.0132. The van der Waals surface area contributed by atoms with Gasteiger partial charge in [-0.25, -0.2) is 4.98 Å². The second kappa shape index (κ2) is 7.67. The second-order valence-electron chi connectivity index (χ2n) is 6.09. The zero-order valence-corrected chi connectivity index (χ0v) is 15.3. The first-order valence-corrected chi connectivity index (χ1v) is 8.56. The molecule has 2 amide bonds. The number of para-hydroxylation sites is 1. The number of amides is 2. The molecular weight excluding hydrogens is 399 g/mol. The third-order valence-corrected chi connectivity index (χ3v) is 4.56. The third kappa shape index (κ3) is 4.04. The Morgan fingerprint density at radius 3 is 2.64 bits per heavy atom. The van der Waals surface area contributed by atoms with Crippen molar-refractivity contribution in [1.29, 1.82) is 0 Å². The number of hydrogen-bond acceptors (Lipinski definition) is 4. The van der Waals surface area contributed by atoms with Crippen LogP contribution < -0.4 is 15.0 Å². The smallest absolute Gasteiger partial charge is 0.435 e. The molecule has 1 saturated heterocycles. The fraction of sp³-hybridized carbons (Fsp3) is 0.278. The lowest BCUT2D eigenvalue weighted by Gasteiger charge is -2.18. The van der Waals surface area contributed by atoms with Crippen molar-refractivity contribution in [2.45, 2.75) is 12.6 Å². The molecule has 0 saturated carbocycles. The monoisotopic (exact) mass is 413 g/mol. The van der Waals surface area contributed by atoms with Gasteiger partial charge in [0.05, 0.1) is 29.4 Å². The van der Waals surface area contributed by atoms with E-state index < -0.39 is 29.4 Å². The van der Waals surface area contributed by atoms with E-state index in [-0.39, 0.29) is 24.8 Å². The molecule has 1 aromatic carbocycles. The van der Waals surface area contributed by atoms with Gasteiger partial charge in [-0.3, -0.25) is 9.59 Å². The number of nitrogens with one attached hydrogen (secondary N) is 1. The Hall–Kier alpha value is -2.81. The van der Waals surface area contributed by atoms with Crippen LogP contribution in [0.3, 0.4) is 0 Å². The molecular formula is C18H15ClF3N3O3. The van der Waals surface area contributed by atoms with Crippen molar-refractivity contribution in [2.75, 3.05) is 23.9 Å². The first kappa shape index (κ1) is 19.9. The van der Waals surface area contributed by atoms with Gasteiger partial charge in [-0.2, -0.15) is 13.2 Å². The van der Waals surface area contributed by atoms with Crippen LogP contribution in [0.1, 0.15) is 12.1 Å². The van der Waals surface area contributed by atoms with Crippen molar-refractivity contribution in [3.8, 4) is 5.88 Å². The summed E-state index contributed by atoms with van der Waals surface area (Å²) in [6, 6.07) is 8.91. The number of alkyl halides is 3. The lowest BCUT2D eigenvalue weighted by atomic mass is 10.1. The van der Waals surface area contributed by atoms with Gasteiger partial charge in [-0.05, 0) is 18.2 Å². The first-order chi connectivity index (χ1) is 13.2. The number of methoxy groups -OCH3 is 1. The molecule has 0 aliphatic carbocycles. The van der Waals surface area contributed by atoms with E-state index in [1.807, 2.05) is 0 Å². The van der Waals surface area contributed by atoms with Gasteiger partial charge in [0.15, 0.2) is 5.69 Å². The van der Waals surface area contributed by atoms with Gasteiger partial charge in [0.1, 0.15) is 0 Å². The van der Waals surface area contributed by atoms with Gasteiger partial charge < -0.3 is 15.0 Å². The fourth-order valence-electron chi connectivity index (χ4n) is 2.89. The van der Waals surface area contributed by atoms with E-state index in [2.05, 4.69) is 10.3 Å². The lowest BCUT2D eigenvalue weighted by Crippen LogP contribution is -2.29. The quantitative estimate of drug-likeness (QED) is 0.828. The molecule has 6 nitrogen and oxygen atoms in total. The second-order valence-corrected chi connectivity index (χ2v) is 6.50. The molecule has 1 fully saturated rings. The summed E-state index contributed by atoms with van der Waals surface area (Å²) in [5.74, 6) is -2.10. The Labute approximate surface area is 163 Å². The molecule has 10 heteroatoms. The van der Waals surface area contributed by atoms with Crippen LogP contribution in [0.2, 0.25) is 5.02 Å². The summed E-state index contributed by atoms with van der Waals surface area (Å²) in [6.07, 6.45) is -4.92. The van der Waals surface area contributed by atoms with Gasteiger partial charge in [0.2, 0.25) is 17.7 Å². The number of benzene rings is 1. The Balaban J connectivity index is 1.79. The summed E-state index contributed by atoms with van der Waals surface area (Å²) in [5, 5.41) is 2.57. The fourth-order valence-corrected chi connectivity index (χ4v) is 3.13. The van der Waals surface area contributed by atoms with Crippen molar-refractivity contribution in [2.24, 2.45) is 5.92 Å². The first-order valence-electron chi connectivity index (χ1n) is 8.18. The summed E-state index contributed by atoms with van der Waals surface area (Å²) in [6.45, 7) is 0.0132. The van der Waals surface area contributed by atoms with Crippen LogP contribution in [0, 0.1) is 5.92 Å². The van der Waals surface area contributed by atoms with Crippen LogP contribution in [0.4, 0.5) is 24.5 Å². The molecule has 0 radical (unpaired) electrons. The average molecular weight is 414 g/mol. The molecule has 3 rings (SSSR count). The highest BCUT2D eigenvalue weighted by Gasteiger charge is 2.39. The normalized spacial score (nSPS) is 17.0. The molecule has 1 aliphatic heterocycles. The maximum Gasteiger partial charge on any atom is 0.435 e. The van der Waals surface area contributed by atoms with Crippen LogP contribution in [0.25, 0.3) is 0 Å². The molecule has 2 heterocycles. The van der Waals surface area contributed by atoms with Crippen LogP contribution in [0.5, 0.6) is 5.88 Å². The van der Waals surface area contributed by atoms with Crippen molar-refractivity contribution in [1.82, 2.24) is 4.98 Å². The van der Waals surface area contributed by atoms with Crippen LogP contribution in [0.15, 0.2) is 36.4 Å². The minimum Gasteiger partial charge on any atom is -0.481 e. The molecule has 1 N–H and O–H groups in total. The lowest BCUT2D eigenvalue weighted by molar-refractivity contribution is -0.140. The molecule has 0 unspecified atom stereocenters. The highest BCUT2D eigenvalue weighted by atomic mass is 35.5. The van der Waals surface area contributed by atoms with Crippen LogP contribution in [-0.2, 0) is 15.8 Å². The third-order valence-electron chi connectivity index (χ3n) is 4.24. The van der Waals surface area contributed by atoms with E-state index in [9.17, 15) is 22.8 Å². The zero-order valence-electron chi connectivity index (χ0n) is 14.6. The standard InChI is InChI=1S/C18H15ClF3N3O3/c1-28-14-7-6-12(16(24-14)18(20,21)22)23-17(27)10-8-15(26)25(9-10)13-5-3-2-4-11(13)19/h2-7,10H,8-9H2,1H3,(H,23,27)/t10-/m0/s1. The number of aromatic nitrogens is 1. The zero-order chi connectivity index (χ0) is 20.5. The van der Waals surface area contributed by atoms with Crippen LogP contribution >= 0.6 is 11.6 Å². The topological polar surface area (TPSA) is 71.5 Å². The molecule has 1 atom stereocenters. The van der Waals surface area contributed by atoms with Crippen molar-refractivity contribution >= 4 is 34.8 Å². The Kier molecular flexibility index (Phi) is 5.46. The molecule has 2 aromatic rings. The summed E-state index contributed by atoms with van der Waals surface area (Å²) in [7, 11) is 1.19. The number of carbonyl (C=O) groups is 2. The summed E-state index contributed by atoms with van der Waals surface area (Å²) in [4.78, 5) is 29.5. The van der Waals surface area contributed by atoms with Crippen molar-refractivity contribution in [3.05, 3.63) is 47.1 Å². The van der Waals surface area contributed by atoms with E-state index in [1.165, 1.54) is 18.1 Å². The van der Waals surface area contributed by atoms with Crippen molar-refractivity contribution in [3.63, 3.8) is 0 Å². The minimum atomic E-state index is -4.79. The number of pyridine rings is 1. The highest BCUT2D eigenvalue weighted by molar-refractivity contribution is 6.33. The van der Waals surface area contributed by atoms with Gasteiger partial charge in [0.25, 0.3) is 0 Å².